The second-order valence-electron chi connectivity index (χ2n) is 2.89. The molecule has 0 amide bonds. The van der Waals surface area contributed by atoms with E-state index in [0.29, 0.717) is 11.0 Å². The first kappa shape index (κ1) is 8.49. The van der Waals surface area contributed by atoms with Gasteiger partial charge in [-0.3, -0.25) is 9.89 Å². The van der Waals surface area contributed by atoms with Gasteiger partial charge in [0.2, 0.25) is 5.43 Å². The number of nitrogens with one attached hydrogen (secondary N) is 1. The van der Waals surface area contributed by atoms with Gasteiger partial charge in [0.25, 0.3) is 0 Å². The SMILES string of the molecule is Cn1c(C(=O)O)cc2c(=O)cn[nH]c21. The summed E-state index contributed by atoms with van der Waals surface area (Å²) in [4.78, 5) is 22.0. The van der Waals surface area contributed by atoms with E-state index in [0.717, 1.165) is 6.20 Å². The van der Waals surface area contributed by atoms with Crippen LogP contribution in [0.2, 0.25) is 0 Å². The van der Waals surface area contributed by atoms with E-state index in [4.69, 9.17) is 5.11 Å². The van der Waals surface area contributed by atoms with Gasteiger partial charge in [-0.2, -0.15) is 5.10 Å². The number of aromatic nitrogens is 3. The maximum Gasteiger partial charge on any atom is 0.352 e. The Morgan fingerprint density at radius 2 is 2.36 bits per heavy atom. The van der Waals surface area contributed by atoms with E-state index in [9.17, 15) is 9.59 Å². The first-order valence-electron chi connectivity index (χ1n) is 3.87. The quantitative estimate of drug-likeness (QED) is 0.665. The number of fused-ring (bicyclic) bond motifs is 1. The first-order chi connectivity index (χ1) is 6.61. The van der Waals surface area contributed by atoms with Crippen molar-refractivity contribution >= 4 is 17.0 Å². The minimum absolute atomic E-state index is 0.0568. The number of carboxylic acid groups (broad SMARTS) is 1. The van der Waals surface area contributed by atoms with Crippen LogP contribution in [0.3, 0.4) is 0 Å². The zero-order chi connectivity index (χ0) is 10.3. The number of carboxylic acids is 1. The lowest BCUT2D eigenvalue weighted by molar-refractivity contribution is 0.0687. The molecule has 14 heavy (non-hydrogen) atoms. The van der Waals surface area contributed by atoms with E-state index in [2.05, 4.69) is 10.2 Å². The van der Waals surface area contributed by atoms with Crippen LogP contribution in [0.4, 0.5) is 0 Å². The van der Waals surface area contributed by atoms with Gasteiger partial charge in [-0.1, -0.05) is 0 Å². The molecule has 2 rings (SSSR count). The maximum atomic E-state index is 11.3. The zero-order valence-corrected chi connectivity index (χ0v) is 7.31. The van der Waals surface area contributed by atoms with Crippen molar-refractivity contribution in [2.24, 2.45) is 7.05 Å². The van der Waals surface area contributed by atoms with Crippen molar-refractivity contribution in [2.75, 3.05) is 0 Å². The molecule has 72 valence electrons. The molecule has 0 aliphatic heterocycles. The Hall–Kier alpha value is -2.11. The van der Waals surface area contributed by atoms with E-state index in [1.165, 1.54) is 10.6 Å². The summed E-state index contributed by atoms with van der Waals surface area (Å²) in [5.41, 5.74) is 0.179. The number of nitrogens with zero attached hydrogens (tertiary/aromatic N) is 2. The van der Waals surface area contributed by atoms with Gasteiger partial charge in [0.15, 0.2) is 0 Å². The molecular formula is C8H7N3O3. The molecule has 0 radical (unpaired) electrons. The lowest BCUT2D eigenvalue weighted by Crippen LogP contribution is -2.05. The molecule has 2 aromatic rings. The second kappa shape index (κ2) is 2.69. The third kappa shape index (κ3) is 1.00. The Morgan fingerprint density at radius 1 is 1.64 bits per heavy atom. The molecule has 0 aromatic carbocycles. The molecule has 0 aliphatic rings. The van der Waals surface area contributed by atoms with Crippen molar-refractivity contribution in [1.29, 1.82) is 0 Å². The molecule has 0 saturated heterocycles. The average molecular weight is 193 g/mol. The van der Waals surface area contributed by atoms with E-state index in [1.54, 1.807) is 7.05 Å². The number of rotatable bonds is 1. The number of aryl methyl sites for hydroxylation is 1. The van der Waals surface area contributed by atoms with E-state index in [1.807, 2.05) is 0 Å². The highest BCUT2D eigenvalue weighted by molar-refractivity contribution is 5.92. The van der Waals surface area contributed by atoms with Gasteiger partial charge in [0, 0.05) is 7.05 Å². The van der Waals surface area contributed by atoms with Gasteiger partial charge in [0.05, 0.1) is 11.6 Å². The molecule has 0 aliphatic carbocycles. The Kier molecular flexibility index (Phi) is 1.63. The highest BCUT2D eigenvalue weighted by Gasteiger charge is 2.13. The first-order valence-corrected chi connectivity index (χ1v) is 3.87. The molecule has 0 saturated carbocycles. The van der Waals surface area contributed by atoms with E-state index < -0.39 is 5.97 Å². The van der Waals surface area contributed by atoms with Crippen LogP contribution in [-0.2, 0) is 7.05 Å². The van der Waals surface area contributed by atoms with Gasteiger partial charge >= 0.3 is 5.97 Å². The minimum Gasteiger partial charge on any atom is -0.477 e. The summed E-state index contributed by atoms with van der Waals surface area (Å²) in [6.07, 6.45) is 1.12. The number of H-pyrrole nitrogens is 1. The normalized spacial score (nSPS) is 10.6. The third-order valence-corrected chi connectivity index (χ3v) is 2.07. The maximum absolute atomic E-state index is 11.3. The third-order valence-electron chi connectivity index (χ3n) is 2.07. The van der Waals surface area contributed by atoms with Crippen molar-refractivity contribution in [3.8, 4) is 0 Å². The van der Waals surface area contributed by atoms with Gasteiger partial charge in [-0.15, -0.1) is 0 Å². The van der Waals surface area contributed by atoms with E-state index in [-0.39, 0.29) is 11.1 Å². The van der Waals surface area contributed by atoms with Crippen LogP contribution in [-0.4, -0.2) is 25.8 Å². The van der Waals surface area contributed by atoms with Crippen LogP contribution < -0.4 is 5.43 Å². The lowest BCUT2D eigenvalue weighted by atomic mass is 10.3. The molecule has 6 nitrogen and oxygen atoms in total. The molecule has 0 spiro atoms. The predicted molar refractivity (Wildman–Crippen MR) is 48.3 cm³/mol. The summed E-state index contributed by atoms with van der Waals surface area (Å²) in [7, 11) is 1.56. The van der Waals surface area contributed by atoms with E-state index >= 15 is 0 Å². The number of hydrogen-bond acceptors (Lipinski definition) is 3. The zero-order valence-electron chi connectivity index (χ0n) is 7.31. The molecule has 2 N–H and O–H groups in total. The predicted octanol–water partition coefficient (Wildman–Crippen LogP) is -0.0402. The molecule has 0 unspecified atom stereocenters. The topological polar surface area (TPSA) is 88.0 Å². The van der Waals surface area contributed by atoms with Crippen molar-refractivity contribution < 1.29 is 9.90 Å². The number of aromatic carboxylic acids is 1. The van der Waals surface area contributed by atoms with Crippen LogP contribution >= 0.6 is 0 Å². The Labute approximate surface area is 77.8 Å². The monoisotopic (exact) mass is 193 g/mol. The summed E-state index contributed by atoms with van der Waals surface area (Å²) in [5.74, 6) is -1.07. The Morgan fingerprint density at radius 3 is 2.93 bits per heavy atom. The standard InChI is InChI=1S/C8H7N3O3/c1-11-5(8(13)14)2-4-6(12)3-9-10-7(4)11/h2-3H,1H3,(H,10,12)(H,13,14). The van der Waals surface area contributed by atoms with Crippen molar-refractivity contribution in [1.82, 2.24) is 14.8 Å². The summed E-state index contributed by atoms with van der Waals surface area (Å²) >= 11 is 0. The van der Waals surface area contributed by atoms with Crippen LogP contribution in [0.5, 0.6) is 0 Å². The highest BCUT2D eigenvalue weighted by atomic mass is 16.4. The van der Waals surface area contributed by atoms with Crippen LogP contribution in [0, 0.1) is 0 Å². The fraction of sp³-hybridized carbons (Fsp3) is 0.125. The second-order valence-corrected chi connectivity index (χ2v) is 2.89. The minimum atomic E-state index is -1.07. The average Bonchev–Trinajstić information content (AvgIpc) is 2.46. The van der Waals surface area contributed by atoms with Gasteiger partial charge in [0.1, 0.15) is 11.3 Å². The molecular weight excluding hydrogens is 186 g/mol. The number of aromatic amines is 1. The van der Waals surface area contributed by atoms with Crippen molar-refractivity contribution in [2.45, 2.75) is 0 Å². The smallest absolute Gasteiger partial charge is 0.352 e. The molecule has 0 bridgehead atoms. The van der Waals surface area contributed by atoms with Gasteiger partial charge < -0.3 is 9.67 Å². The van der Waals surface area contributed by atoms with Crippen LogP contribution in [0.25, 0.3) is 11.0 Å². The van der Waals surface area contributed by atoms with Crippen LogP contribution in [0.1, 0.15) is 10.5 Å². The molecule has 2 heterocycles. The fourth-order valence-electron chi connectivity index (χ4n) is 1.35. The number of carbonyl (C=O) groups is 1. The van der Waals surface area contributed by atoms with Crippen molar-refractivity contribution in [3.05, 3.63) is 28.2 Å². The lowest BCUT2D eigenvalue weighted by Gasteiger charge is -1.97. The fourth-order valence-corrected chi connectivity index (χ4v) is 1.35. The Balaban J connectivity index is 2.93. The Bertz CT molecular complexity index is 567. The highest BCUT2D eigenvalue weighted by Crippen LogP contribution is 2.11. The molecule has 6 heteroatoms. The largest absolute Gasteiger partial charge is 0.477 e. The number of hydrogen-bond donors (Lipinski definition) is 2. The van der Waals surface area contributed by atoms with Crippen molar-refractivity contribution in [3.63, 3.8) is 0 Å². The molecule has 2 aromatic heterocycles. The summed E-state index contributed by atoms with van der Waals surface area (Å²) in [6, 6.07) is 1.33. The van der Waals surface area contributed by atoms with Gasteiger partial charge in [-0.25, -0.2) is 4.79 Å². The summed E-state index contributed by atoms with van der Waals surface area (Å²) in [6.45, 7) is 0. The molecule has 0 atom stereocenters. The molecule has 0 fully saturated rings. The van der Waals surface area contributed by atoms with Gasteiger partial charge in [-0.05, 0) is 6.07 Å². The van der Waals surface area contributed by atoms with Crippen LogP contribution in [0.15, 0.2) is 17.1 Å². The summed E-state index contributed by atoms with van der Waals surface area (Å²) in [5, 5.41) is 15.3. The summed E-state index contributed by atoms with van der Waals surface area (Å²) < 4.78 is 1.38.